The number of sulfonamides is 1. The normalized spacial score (nSPS) is 10.8. The quantitative estimate of drug-likeness (QED) is 0.453. The zero-order valence-electron chi connectivity index (χ0n) is 18.2. The number of rotatable bonds is 9. The van der Waals surface area contributed by atoms with Gasteiger partial charge >= 0.3 is 5.97 Å². The van der Waals surface area contributed by atoms with Gasteiger partial charge in [0.2, 0.25) is 0 Å². The fraction of sp³-hybridized carbons (Fsp3) is 0.167. The van der Waals surface area contributed by atoms with E-state index in [9.17, 15) is 18.0 Å². The van der Waals surface area contributed by atoms with Crippen molar-refractivity contribution in [1.29, 1.82) is 0 Å². The highest BCUT2D eigenvalue weighted by Gasteiger charge is 2.15. The third-order valence-electron chi connectivity index (χ3n) is 4.50. The number of carbonyl (C=O) groups excluding carboxylic acids is 2. The number of benzene rings is 3. The lowest BCUT2D eigenvalue weighted by Gasteiger charge is -2.10. The van der Waals surface area contributed by atoms with Crippen molar-refractivity contribution in [3.63, 3.8) is 0 Å². The van der Waals surface area contributed by atoms with Gasteiger partial charge in [-0.2, -0.15) is 0 Å². The van der Waals surface area contributed by atoms with Crippen molar-refractivity contribution < 1.29 is 27.5 Å². The monoisotopic (exact) mass is 468 g/mol. The lowest BCUT2D eigenvalue weighted by atomic mass is 10.1. The van der Waals surface area contributed by atoms with Crippen molar-refractivity contribution >= 4 is 33.3 Å². The molecule has 8 nitrogen and oxygen atoms in total. The van der Waals surface area contributed by atoms with E-state index in [0.29, 0.717) is 34.9 Å². The fourth-order valence-corrected chi connectivity index (χ4v) is 3.95. The Kier molecular flexibility index (Phi) is 7.68. The van der Waals surface area contributed by atoms with Crippen LogP contribution < -0.4 is 14.8 Å². The minimum Gasteiger partial charge on any atom is -0.494 e. The predicted molar refractivity (Wildman–Crippen MR) is 125 cm³/mol. The summed E-state index contributed by atoms with van der Waals surface area (Å²) < 4.78 is 37.9. The molecule has 0 bridgehead atoms. The first-order valence-corrected chi connectivity index (χ1v) is 11.7. The second kappa shape index (κ2) is 10.6. The van der Waals surface area contributed by atoms with Gasteiger partial charge in [-0.25, -0.2) is 13.2 Å². The minimum atomic E-state index is -3.79. The van der Waals surface area contributed by atoms with Crippen LogP contribution in [0.25, 0.3) is 0 Å². The third-order valence-corrected chi connectivity index (χ3v) is 5.90. The van der Waals surface area contributed by atoms with E-state index in [1.54, 1.807) is 43.3 Å². The predicted octanol–water partition coefficient (Wildman–Crippen LogP) is 4.32. The topological polar surface area (TPSA) is 111 Å². The van der Waals surface area contributed by atoms with Crippen LogP contribution >= 0.6 is 0 Å². The molecule has 0 fully saturated rings. The van der Waals surface area contributed by atoms with E-state index < -0.39 is 16.0 Å². The van der Waals surface area contributed by atoms with Gasteiger partial charge in [0.05, 0.1) is 23.7 Å². The van der Waals surface area contributed by atoms with Crippen molar-refractivity contribution in [1.82, 2.24) is 0 Å². The van der Waals surface area contributed by atoms with Crippen LogP contribution in [0.4, 0.5) is 11.4 Å². The molecule has 172 valence electrons. The van der Waals surface area contributed by atoms with Crippen molar-refractivity contribution in [2.24, 2.45) is 0 Å². The smallest absolute Gasteiger partial charge is 0.338 e. The summed E-state index contributed by atoms with van der Waals surface area (Å²) in [5, 5.41) is 2.72. The SMILES string of the molecule is CCOC(=O)c1ccc(NC(=O)c2ccc(NS(=O)(=O)c3ccc(OCC)cc3)cc2)cc1. The minimum absolute atomic E-state index is 0.0963. The van der Waals surface area contributed by atoms with Crippen LogP contribution in [0, 0.1) is 0 Å². The van der Waals surface area contributed by atoms with Crippen LogP contribution in [0.5, 0.6) is 5.75 Å². The van der Waals surface area contributed by atoms with Crippen LogP contribution in [0.3, 0.4) is 0 Å². The number of hydrogen-bond donors (Lipinski definition) is 2. The summed E-state index contributed by atoms with van der Waals surface area (Å²) >= 11 is 0. The van der Waals surface area contributed by atoms with Crippen LogP contribution in [-0.2, 0) is 14.8 Å². The van der Waals surface area contributed by atoms with Gasteiger partial charge in [-0.15, -0.1) is 0 Å². The first kappa shape index (κ1) is 23.8. The standard InChI is InChI=1S/C24H24N2O6S/c1-3-31-21-13-15-22(16-14-21)33(29,30)26-20-11-5-17(6-12-20)23(27)25-19-9-7-18(8-10-19)24(28)32-4-2/h5-16,26H,3-4H2,1-2H3,(H,25,27). The molecule has 0 saturated carbocycles. The molecule has 0 atom stereocenters. The molecule has 0 heterocycles. The van der Waals surface area contributed by atoms with E-state index in [1.165, 1.54) is 36.4 Å². The Morgan fingerprint density at radius 3 is 1.91 bits per heavy atom. The molecule has 33 heavy (non-hydrogen) atoms. The maximum atomic E-state index is 12.6. The lowest BCUT2D eigenvalue weighted by Crippen LogP contribution is -2.14. The van der Waals surface area contributed by atoms with Gasteiger partial charge in [-0.1, -0.05) is 0 Å². The van der Waals surface area contributed by atoms with Crippen molar-refractivity contribution in [3.05, 3.63) is 83.9 Å². The molecule has 3 aromatic rings. The molecule has 0 radical (unpaired) electrons. The molecular weight excluding hydrogens is 444 g/mol. The molecule has 3 rings (SSSR count). The van der Waals surface area contributed by atoms with E-state index in [2.05, 4.69) is 10.0 Å². The van der Waals surface area contributed by atoms with E-state index >= 15 is 0 Å². The Labute approximate surface area is 192 Å². The Bertz CT molecular complexity index is 1210. The zero-order chi connectivity index (χ0) is 23.8. The molecule has 0 saturated heterocycles. The highest BCUT2D eigenvalue weighted by molar-refractivity contribution is 7.92. The molecule has 3 aromatic carbocycles. The average Bonchev–Trinajstić information content (AvgIpc) is 2.80. The lowest BCUT2D eigenvalue weighted by molar-refractivity contribution is 0.0526. The van der Waals surface area contributed by atoms with Crippen molar-refractivity contribution in [3.8, 4) is 5.75 Å². The van der Waals surface area contributed by atoms with Crippen LogP contribution in [0.2, 0.25) is 0 Å². The molecule has 0 aliphatic rings. The van der Waals surface area contributed by atoms with E-state index in [0.717, 1.165) is 0 Å². The zero-order valence-corrected chi connectivity index (χ0v) is 19.0. The molecule has 0 unspecified atom stereocenters. The van der Waals surface area contributed by atoms with Gasteiger partial charge in [0.1, 0.15) is 5.75 Å². The summed E-state index contributed by atoms with van der Waals surface area (Å²) in [6.07, 6.45) is 0. The van der Waals surface area contributed by atoms with E-state index in [-0.39, 0.29) is 17.4 Å². The summed E-state index contributed by atoms with van der Waals surface area (Å²) in [6, 6.07) is 18.5. The Morgan fingerprint density at radius 1 is 0.758 bits per heavy atom. The second-order valence-corrected chi connectivity index (χ2v) is 8.52. The summed E-state index contributed by atoms with van der Waals surface area (Å²) in [5.41, 5.74) is 1.56. The molecule has 9 heteroatoms. The first-order valence-electron chi connectivity index (χ1n) is 10.3. The summed E-state index contributed by atoms with van der Waals surface area (Å²) in [5.74, 6) is -0.221. The van der Waals surface area contributed by atoms with Gasteiger partial charge in [0, 0.05) is 16.9 Å². The molecular formula is C24H24N2O6S. The van der Waals surface area contributed by atoms with Crippen LogP contribution in [0.15, 0.2) is 77.7 Å². The maximum absolute atomic E-state index is 12.6. The highest BCUT2D eigenvalue weighted by Crippen LogP contribution is 2.20. The number of esters is 1. The third kappa shape index (κ3) is 6.33. The molecule has 2 N–H and O–H groups in total. The molecule has 0 spiro atoms. The Morgan fingerprint density at radius 2 is 1.33 bits per heavy atom. The van der Waals surface area contributed by atoms with Gasteiger partial charge < -0.3 is 14.8 Å². The fourth-order valence-electron chi connectivity index (χ4n) is 2.89. The first-order chi connectivity index (χ1) is 15.8. The van der Waals surface area contributed by atoms with Gasteiger partial charge in [0.25, 0.3) is 15.9 Å². The maximum Gasteiger partial charge on any atom is 0.338 e. The average molecular weight is 469 g/mol. The highest BCUT2D eigenvalue weighted by atomic mass is 32.2. The molecule has 0 aliphatic carbocycles. The van der Waals surface area contributed by atoms with Crippen molar-refractivity contribution in [2.75, 3.05) is 23.3 Å². The summed E-state index contributed by atoms with van der Waals surface area (Å²) in [4.78, 5) is 24.3. The van der Waals surface area contributed by atoms with Gasteiger partial charge in [-0.05, 0) is 86.6 Å². The van der Waals surface area contributed by atoms with Crippen LogP contribution in [0.1, 0.15) is 34.6 Å². The molecule has 0 aliphatic heterocycles. The van der Waals surface area contributed by atoms with Crippen LogP contribution in [-0.4, -0.2) is 33.5 Å². The second-order valence-electron chi connectivity index (χ2n) is 6.84. The molecule has 0 aromatic heterocycles. The van der Waals surface area contributed by atoms with E-state index in [1.807, 2.05) is 6.92 Å². The molecule has 1 amide bonds. The number of amides is 1. The number of ether oxygens (including phenoxy) is 2. The van der Waals surface area contributed by atoms with Crippen molar-refractivity contribution in [2.45, 2.75) is 18.7 Å². The summed E-state index contributed by atoms with van der Waals surface area (Å²) in [7, 11) is -3.79. The van der Waals surface area contributed by atoms with E-state index in [4.69, 9.17) is 9.47 Å². The van der Waals surface area contributed by atoms with Gasteiger partial charge in [0.15, 0.2) is 0 Å². The largest absolute Gasteiger partial charge is 0.494 e. The Balaban J connectivity index is 1.63. The number of anilines is 2. The number of hydrogen-bond acceptors (Lipinski definition) is 6. The summed E-state index contributed by atoms with van der Waals surface area (Å²) in [6.45, 7) is 4.34. The Hall–Kier alpha value is -3.85. The number of carbonyl (C=O) groups is 2. The van der Waals surface area contributed by atoms with Gasteiger partial charge in [-0.3, -0.25) is 9.52 Å². The number of nitrogens with one attached hydrogen (secondary N) is 2.